The Morgan fingerprint density at radius 3 is 2.49 bits per heavy atom. The molecule has 2 heterocycles. The fraction of sp³-hybridized carbons (Fsp3) is 0.407. The maximum atomic E-state index is 13.3. The Hall–Kier alpha value is -3.36. The predicted molar refractivity (Wildman–Crippen MR) is 134 cm³/mol. The largest absolute Gasteiger partial charge is 0.493 e. The normalized spacial score (nSPS) is 15.5. The maximum Gasteiger partial charge on any atom is 0.251 e. The highest BCUT2D eigenvalue weighted by Gasteiger charge is 2.22. The maximum absolute atomic E-state index is 13.3. The Labute approximate surface area is 206 Å². The molecule has 0 aliphatic carbocycles. The van der Waals surface area contributed by atoms with Gasteiger partial charge in [0.1, 0.15) is 12.4 Å². The predicted octanol–water partition coefficient (Wildman–Crippen LogP) is 3.60. The van der Waals surface area contributed by atoms with E-state index in [1.54, 1.807) is 25.3 Å². The average molecular weight is 479 g/mol. The van der Waals surface area contributed by atoms with Crippen molar-refractivity contribution >= 4 is 5.91 Å². The molecule has 1 aliphatic rings. The van der Waals surface area contributed by atoms with Gasteiger partial charge in [-0.05, 0) is 44.7 Å². The second-order valence-corrected chi connectivity index (χ2v) is 9.00. The number of hydrogen-bond donors (Lipinski definition) is 1. The zero-order chi connectivity index (χ0) is 24.8. The Morgan fingerprint density at radius 1 is 1.09 bits per heavy atom. The second-order valence-electron chi connectivity index (χ2n) is 9.00. The Kier molecular flexibility index (Phi) is 8.05. The Balaban J connectivity index is 1.47. The molecule has 35 heavy (non-hydrogen) atoms. The van der Waals surface area contributed by atoms with Crippen molar-refractivity contribution in [3.63, 3.8) is 0 Å². The van der Waals surface area contributed by atoms with Gasteiger partial charge in [-0.15, -0.1) is 0 Å². The molecule has 0 bridgehead atoms. The fourth-order valence-electron chi connectivity index (χ4n) is 4.24. The van der Waals surface area contributed by atoms with E-state index in [1.165, 1.54) is 0 Å². The van der Waals surface area contributed by atoms with Crippen LogP contribution in [0.5, 0.6) is 11.5 Å². The summed E-state index contributed by atoms with van der Waals surface area (Å²) in [5, 5.41) is 7.20. The van der Waals surface area contributed by atoms with Crippen molar-refractivity contribution in [3.8, 4) is 11.5 Å². The zero-order valence-electron chi connectivity index (χ0n) is 20.9. The number of amides is 1. The number of nitrogens with zero attached hydrogens (tertiary/aromatic N) is 3. The number of ether oxygens (including phenoxy) is 2. The van der Waals surface area contributed by atoms with Gasteiger partial charge in [0.05, 0.1) is 24.4 Å². The molecule has 3 aromatic rings. The van der Waals surface area contributed by atoms with Crippen molar-refractivity contribution in [1.29, 1.82) is 0 Å². The molecule has 1 unspecified atom stereocenters. The fourth-order valence-corrected chi connectivity index (χ4v) is 4.24. The Bertz CT molecular complexity index is 1100. The van der Waals surface area contributed by atoms with Crippen LogP contribution in [-0.4, -0.2) is 67.7 Å². The first kappa shape index (κ1) is 24.8. The van der Waals surface area contributed by atoms with Gasteiger partial charge in [0.25, 0.3) is 5.91 Å². The lowest BCUT2D eigenvalue weighted by atomic mass is 10.0. The number of nitrogens with one attached hydrogen (secondary N) is 1. The highest BCUT2D eigenvalue weighted by molar-refractivity contribution is 5.95. The first-order chi connectivity index (χ1) is 16.9. The van der Waals surface area contributed by atoms with E-state index in [0.29, 0.717) is 23.7 Å². The molecule has 0 spiro atoms. The number of carbonyl (C=O) groups excluding carboxylic acids is 1. The van der Waals surface area contributed by atoms with E-state index in [4.69, 9.17) is 14.0 Å². The quantitative estimate of drug-likeness (QED) is 0.503. The molecule has 4 rings (SSSR count). The van der Waals surface area contributed by atoms with Gasteiger partial charge in [-0.2, -0.15) is 0 Å². The van der Waals surface area contributed by atoms with E-state index < -0.39 is 0 Å². The van der Waals surface area contributed by atoms with Gasteiger partial charge in [-0.3, -0.25) is 9.69 Å². The van der Waals surface area contributed by atoms with Crippen LogP contribution < -0.4 is 14.8 Å². The second kappa shape index (κ2) is 11.4. The molecule has 8 heteroatoms. The van der Waals surface area contributed by atoms with Gasteiger partial charge in [-0.1, -0.05) is 35.5 Å². The van der Waals surface area contributed by atoms with Gasteiger partial charge in [0, 0.05) is 38.3 Å². The number of aryl methyl sites for hydroxylation is 2. The van der Waals surface area contributed by atoms with E-state index in [1.807, 2.05) is 32.0 Å². The SMILES string of the molecule is COc1cc(C(=O)NC(CN2CCN(C)CC2)c2ccccc2)ccc1OCc1c(C)noc1C. The first-order valence-corrected chi connectivity index (χ1v) is 11.9. The van der Waals surface area contributed by atoms with Gasteiger partial charge in [0.2, 0.25) is 0 Å². The number of hydrogen-bond acceptors (Lipinski definition) is 7. The molecule has 1 fully saturated rings. The van der Waals surface area contributed by atoms with Crippen molar-refractivity contribution in [1.82, 2.24) is 20.3 Å². The molecule has 2 aromatic carbocycles. The van der Waals surface area contributed by atoms with Crippen LogP contribution in [0.15, 0.2) is 53.1 Å². The molecule has 0 radical (unpaired) electrons. The number of aromatic nitrogens is 1. The van der Waals surface area contributed by atoms with E-state index >= 15 is 0 Å². The number of benzene rings is 2. The van der Waals surface area contributed by atoms with E-state index in [0.717, 1.165) is 55.3 Å². The monoisotopic (exact) mass is 478 g/mol. The molecule has 1 atom stereocenters. The Morgan fingerprint density at radius 2 is 1.83 bits per heavy atom. The zero-order valence-corrected chi connectivity index (χ0v) is 20.9. The topological polar surface area (TPSA) is 80.1 Å². The molecule has 186 valence electrons. The van der Waals surface area contributed by atoms with Crippen molar-refractivity contribution in [2.24, 2.45) is 0 Å². The highest BCUT2D eigenvalue weighted by Crippen LogP contribution is 2.30. The minimum absolute atomic E-state index is 0.117. The van der Waals surface area contributed by atoms with Crippen molar-refractivity contribution in [3.05, 3.63) is 76.7 Å². The van der Waals surface area contributed by atoms with Crippen LogP contribution >= 0.6 is 0 Å². The summed E-state index contributed by atoms with van der Waals surface area (Å²) >= 11 is 0. The van der Waals surface area contributed by atoms with Crippen LogP contribution in [0, 0.1) is 13.8 Å². The lowest BCUT2D eigenvalue weighted by molar-refractivity contribution is 0.0907. The van der Waals surface area contributed by atoms with Crippen molar-refractivity contribution < 1.29 is 18.8 Å². The number of likely N-dealkylation sites (N-methyl/N-ethyl adjacent to an activating group) is 1. The highest BCUT2D eigenvalue weighted by atomic mass is 16.5. The number of piperazine rings is 1. The van der Waals surface area contributed by atoms with Crippen LogP contribution in [0.25, 0.3) is 0 Å². The smallest absolute Gasteiger partial charge is 0.251 e. The molecular formula is C27H34N4O4. The summed E-state index contributed by atoms with van der Waals surface area (Å²) in [6, 6.07) is 15.3. The summed E-state index contributed by atoms with van der Waals surface area (Å²) < 4.78 is 16.7. The van der Waals surface area contributed by atoms with Crippen molar-refractivity contribution in [2.75, 3.05) is 46.9 Å². The minimum Gasteiger partial charge on any atom is -0.493 e. The minimum atomic E-state index is -0.149. The summed E-state index contributed by atoms with van der Waals surface area (Å²) in [5.41, 5.74) is 3.31. The van der Waals surface area contributed by atoms with Crippen LogP contribution in [0.1, 0.15) is 39.0 Å². The molecule has 1 aliphatic heterocycles. The third kappa shape index (κ3) is 6.21. The average Bonchev–Trinajstić information content (AvgIpc) is 3.20. The third-order valence-electron chi connectivity index (χ3n) is 6.52. The van der Waals surface area contributed by atoms with Crippen LogP contribution in [0.3, 0.4) is 0 Å². The first-order valence-electron chi connectivity index (χ1n) is 11.9. The van der Waals surface area contributed by atoms with Crippen molar-refractivity contribution in [2.45, 2.75) is 26.5 Å². The number of rotatable bonds is 9. The summed E-state index contributed by atoms with van der Waals surface area (Å²) in [4.78, 5) is 18.0. The van der Waals surface area contributed by atoms with Crippen LogP contribution in [0.4, 0.5) is 0 Å². The van der Waals surface area contributed by atoms with Crippen LogP contribution in [0.2, 0.25) is 0 Å². The summed E-state index contributed by atoms with van der Waals surface area (Å²) in [6.45, 7) is 8.84. The molecule has 1 aromatic heterocycles. The summed E-state index contributed by atoms with van der Waals surface area (Å²) in [7, 11) is 3.71. The van der Waals surface area contributed by atoms with E-state index in [9.17, 15) is 4.79 Å². The van der Waals surface area contributed by atoms with E-state index in [-0.39, 0.29) is 11.9 Å². The lowest BCUT2D eigenvalue weighted by Gasteiger charge is -2.35. The van der Waals surface area contributed by atoms with Gasteiger partial charge < -0.3 is 24.2 Å². The van der Waals surface area contributed by atoms with E-state index in [2.05, 4.69) is 39.5 Å². The molecule has 1 N–H and O–H groups in total. The van der Waals surface area contributed by atoms with Gasteiger partial charge in [-0.25, -0.2) is 0 Å². The lowest BCUT2D eigenvalue weighted by Crippen LogP contribution is -2.47. The standard InChI is InChI=1S/C27H34N4O4/c1-19-23(20(2)35-29-19)18-34-25-11-10-22(16-26(25)33-4)27(32)28-24(21-8-6-5-7-9-21)17-31-14-12-30(3)13-15-31/h5-11,16,24H,12-15,17-18H2,1-4H3,(H,28,32). The molecule has 1 saturated heterocycles. The summed E-state index contributed by atoms with van der Waals surface area (Å²) in [6.07, 6.45) is 0. The molecule has 8 nitrogen and oxygen atoms in total. The van der Waals surface area contributed by atoms with Crippen LogP contribution in [-0.2, 0) is 6.61 Å². The number of methoxy groups -OCH3 is 1. The molecule has 1 amide bonds. The molecular weight excluding hydrogens is 444 g/mol. The third-order valence-corrected chi connectivity index (χ3v) is 6.52. The summed E-state index contributed by atoms with van der Waals surface area (Å²) in [5.74, 6) is 1.63. The number of carbonyl (C=O) groups is 1. The van der Waals surface area contributed by atoms with Gasteiger partial charge in [0.15, 0.2) is 11.5 Å². The molecule has 0 saturated carbocycles. The van der Waals surface area contributed by atoms with Gasteiger partial charge >= 0.3 is 0 Å².